The van der Waals surface area contributed by atoms with Gasteiger partial charge in [-0.3, -0.25) is 4.98 Å². The number of alkyl halides is 4. The Balaban J connectivity index is 2.77. The lowest BCUT2D eigenvalue weighted by Gasteiger charge is -2.20. The highest BCUT2D eigenvalue weighted by Crippen LogP contribution is 2.44. The number of aromatic nitrogens is 1. The molecule has 0 N–H and O–H groups in total. The minimum Gasteiger partial charge on any atom is -0.493 e. The van der Waals surface area contributed by atoms with Crippen LogP contribution in [0.4, 0.5) is 13.2 Å². The van der Waals surface area contributed by atoms with Crippen molar-refractivity contribution in [1.29, 1.82) is 0 Å². The molecule has 2 rings (SSSR count). The maximum absolute atomic E-state index is 13.0. The van der Waals surface area contributed by atoms with Crippen LogP contribution in [0, 0.1) is 6.92 Å². The standard InChI is InChI=1S/C17H16Cl2F3NO/c1-4-24-16-13(10(3)18)6-14(19)9(2)15(16)11-5-12(8-23-7-11)17(20,21)22/h5-8,10H,4H2,1-3H3. The molecule has 0 aliphatic carbocycles. The molecular weight excluding hydrogens is 362 g/mol. The molecule has 0 amide bonds. The van der Waals surface area contributed by atoms with Gasteiger partial charge in [0.2, 0.25) is 0 Å². The minimum atomic E-state index is -4.48. The van der Waals surface area contributed by atoms with Crippen molar-refractivity contribution >= 4 is 23.2 Å². The molecule has 1 aromatic heterocycles. The van der Waals surface area contributed by atoms with Crippen LogP contribution in [0.2, 0.25) is 5.02 Å². The summed E-state index contributed by atoms with van der Waals surface area (Å²) in [6.45, 7) is 5.61. The van der Waals surface area contributed by atoms with Crippen LogP contribution in [-0.2, 0) is 6.18 Å². The van der Waals surface area contributed by atoms with Crippen LogP contribution in [0.5, 0.6) is 5.75 Å². The highest BCUT2D eigenvalue weighted by Gasteiger charge is 2.32. The van der Waals surface area contributed by atoms with Gasteiger partial charge in [-0.15, -0.1) is 11.6 Å². The Morgan fingerprint density at radius 3 is 2.46 bits per heavy atom. The molecule has 1 atom stereocenters. The summed E-state index contributed by atoms with van der Waals surface area (Å²) in [6.07, 6.45) is -2.34. The number of halogens is 5. The Hall–Kier alpha value is -1.46. The van der Waals surface area contributed by atoms with Crippen molar-refractivity contribution in [3.8, 4) is 16.9 Å². The molecule has 0 spiro atoms. The third-order valence-corrected chi connectivity index (χ3v) is 4.20. The molecule has 0 aliphatic rings. The smallest absolute Gasteiger partial charge is 0.417 e. The minimum absolute atomic E-state index is 0.284. The maximum atomic E-state index is 13.0. The first-order valence-corrected chi connectivity index (χ1v) is 8.10. The molecule has 2 aromatic rings. The summed E-state index contributed by atoms with van der Waals surface area (Å²) in [5.74, 6) is 0.433. The van der Waals surface area contributed by atoms with Gasteiger partial charge in [0.05, 0.1) is 17.5 Å². The van der Waals surface area contributed by atoms with Crippen LogP contribution in [0.3, 0.4) is 0 Å². The topological polar surface area (TPSA) is 22.1 Å². The largest absolute Gasteiger partial charge is 0.493 e. The quantitative estimate of drug-likeness (QED) is 0.572. The van der Waals surface area contributed by atoms with Crippen LogP contribution >= 0.6 is 23.2 Å². The molecule has 1 aromatic carbocycles. The average molecular weight is 378 g/mol. The lowest BCUT2D eigenvalue weighted by atomic mass is 9.95. The molecule has 0 saturated heterocycles. The summed E-state index contributed by atoms with van der Waals surface area (Å²) >= 11 is 12.5. The van der Waals surface area contributed by atoms with E-state index in [1.165, 1.54) is 6.20 Å². The van der Waals surface area contributed by atoms with Crippen LogP contribution < -0.4 is 4.74 Å². The Morgan fingerprint density at radius 1 is 1.25 bits per heavy atom. The average Bonchev–Trinajstić information content (AvgIpc) is 2.50. The molecule has 0 saturated carbocycles. The van der Waals surface area contributed by atoms with E-state index in [2.05, 4.69) is 4.98 Å². The van der Waals surface area contributed by atoms with Gasteiger partial charge in [0.25, 0.3) is 0 Å². The monoisotopic (exact) mass is 377 g/mol. The van der Waals surface area contributed by atoms with Crippen molar-refractivity contribution < 1.29 is 17.9 Å². The zero-order chi connectivity index (χ0) is 18.1. The summed E-state index contributed by atoms with van der Waals surface area (Å²) in [7, 11) is 0. The fraction of sp³-hybridized carbons (Fsp3) is 0.353. The van der Waals surface area contributed by atoms with Gasteiger partial charge in [0.15, 0.2) is 0 Å². The Kier molecular flexibility index (Phi) is 5.66. The van der Waals surface area contributed by atoms with Crippen molar-refractivity contribution in [2.24, 2.45) is 0 Å². The lowest BCUT2D eigenvalue weighted by Crippen LogP contribution is -2.07. The van der Waals surface area contributed by atoms with E-state index in [0.29, 0.717) is 34.1 Å². The van der Waals surface area contributed by atoms with Gasteiger partial charge in [0.1, 0.15) is 5.75 Å². The van der Waals surface area contributed by atoms with Crippen molar-refractivity contribution in [3.05, 3.63) is 46.2 Å². The summed E-state index contributed by atoms with van der Waals surface area (Å²) in [5.41, 5.74) is 1.17. The predicted octanol–water partition coefficient (Wildman–Crippen LogP) is 6.43. The molecule has 2 nitrogen and oxygen atoms in total. The second kappa shape index (κ2) is 7.19. The highest BCUT2D eigenvalue weighted by atomic mass is 35.5. The van der Waals surface area contributed by atoms with Crippen molar-refractivity contribution in [2.45, 2.75) is 32.3 Å². The highest BCUT2D eigenvalue weighted by molar-refractivity contribution is 6.32. The second-order valence-corrected chi connectivity index (χ2v) is 6.35. The summed E-state index contributed by atoms with van der Waals surface area (Å²) < 4.78 is 44.7. The van der Waals surface area contributed by atoms with Crippen molar-refractivity contribution in [3.63, 3.8) is 0 Å². The maximum Gasteiger partial charge on any atom is 0.417 e. The van der Waals surface area contributed by atoms with Crippen LogP contribution in [0.15, 0.2) is 24.5 Å². The molecule has 0 aliphatic heterocycles. The van der Waals surface area contributed by atoms with Gasteiger partial charge in [-0.2, -0.15) is 13.2 Å². The molecule has 0 bridgehead atoms. The molecule has 24 heavy (non-hydrogen) atoms. The Bertz CT molecular complexity index is 745. The van der Waals surface area contributed by atoms with E-state index < -0.39 is 17.1 Å². The third-order valence-electron chi connectivity index (χ3n) is 3.58. The first-order chi connectivity index (χ1) is 11.2. The zero-order valence-corrected chi connectivity index (χ0v) is 14.9. The fourth-order valence-electron chi connectivity index (χ4n) is 2.42. The SMILES string of the molecule is CCOc1c(C(C)Cl)cc(Cl)c(C)c1-c1cncc(C(F)(F)F)c1. The normalized spacial score (nSPS) is 13.0. The number of ether oxygens (including phenoxy) is 1. The van der Waals surface area contributed by atoms with Gasteiger partial charge in [-0.1, -0.05) is 11.6 Å². The number of hydrogen-bond donors (Lipinski definition) is 0. The van der Waals surface area contributed by atoms with E-state index in [0.717, 1.165) is 12.3 Å². The summed E-state index contributed by atoms with van der Waals surface area (Å²) in [6, 6.07) is 2.72. The number of hydrogen-bond acceptors (Lipinski definition) is 2. The Morgan fingerprint density at radius 2 is 1.92 bits per heavy atom. The summed E-state index contributed by atoms with van der Waals surface area (Å²) in [4.78, 5) is 3.72. The van der Waals surface area contributed by atoms with E-state index in [9.17, 15) is 13.2 Å². The van der Waals surface area contributed by atoms with Gasteiger partial charge >= 0.3 is 6.18 Å². The van der Waals surface area contributed by atoms with Crippen LogP contribution in [-0.4, -0.2) is 11.6 Å². The molecule has 1 unspecified atom stereocenters. The Labute approximate surface area is 148 Å². The van der Waals surface area contributed by atoms with E-state index in [1.807, 2.05) is 0 Å². The number of benzene rings is 1. The first-order valence-electron chi connectivity index (χ1n) is 7.29. The first kappa shape index (κ1) is 18.9. The van der Waals surface area contributed by atoms with Gasteiger partial charge in [-0.25, -0.2) is 0 Å². The molecule has 7 heteroatoms. The van der Waals surface area contributed by atoms with E-state index >= 15 is 0 Å². The number of nitrogens with zero attached hydrogens (tertiary/aromatic N) is 1. The second-order valence-electron chi connectivity index (χ2n) is 5.29. The fourth-order valence-corrected chi connectivity index (χ4v) is 2.79. The summed E-state index contributed by atoms with van der Waals surface area (Å²) in [5, 5.41) is -0.00415. The molecule has 1 heterocycles. The van der Waals surface area contributed by atoms with E-state index in [1.54, 1.807) is 26.8 Å². The van der Waals surface area contributed by atoms with Crippen LogP contribution in [0.25, 0.3) is 11.1 Å². The van der Waals surface area contributed by atoms with Gasteiger partial charge in [-0.05, 0) is 38.5 Å². The lowest BCUT2D eigenvalue weighted by molar-refractivity contribution is -0.137. The van der Waals surface area contributed by atoms with Crippen LogP contribution in [0.1, 0.15) is 35.9 Å². The van der Waals surface area contributed by atoms with E-state index in [-0.39, 0.29) is 5.56 Å². The van der Waals surface area contributed by atoms with E-state index in [4.69, 9.17) is 27.9 Å². The van der Waals surface area contributed by atoms with Gasteiger partial charge in [0, 0.05) is 34.1 Å². The third kappa shape index (κ3) is 3.78. The van der Waals surface area contributed by atoms with Crippen molar-refractivity contribution in [1.82, 2.24) is 4.98 Å². The number of pyridine rings is 1. The molecule has 130 valence electrons. The molecular formula is C17H16Cl2F3NO. The zero-order valence-electron chi connectivity index (χ0n) is 13.3. The predicted molar refractivity (Wildman–Crippen MR) is 89.9 cm³/mol. The molecule has 0 fully saturated rings. The molecule has 0 radical (unpaired) electrons. The van der Waals surface area contributed by atoms with Crippen molar-refractivity contribution in [2.75, 3.05) is 6.61 Å². The van der Waals surface area contributed by atoms with Gasteiger partial charge < -0.3 is 4.74 Å². The number of rotatable bonds is 4.